The molecule has 0 aromatic heterocycles. The number of anilines is 1. The Hall–Kier alpha value is -3.86. The van der Waals surface area contributed by atoms with E-state index in [1.807, 2.05) is 61.5 Å². The molecule has 1 atom stereocenters. The van der Waals surface area contributed by atoms with Gasteiger partial charge in [0.2, 0.25) is 11.8 Å². The van der Waals surface area contributed by atoms with E-state index in [2.05, 4.69) is 21.2 Å². The molecule has 1 aliphatic rings. The van der Waals surface area contributed by atoms with Crippen molar-refractivity contribution in [2.75, 3.05) is 18.0 Å². The van der Waals surface area contributed by atoms with Crippen molar-refractivity contribution in [2.24, 2.45) is 0 Å². The van der Waals surface area contributed by atoms with E-state index in [1.165, 1.54) is 30.2 Å². The van der Waals surface area contributed by atoms with Gasteiger partial charge in [-0.2, -0.15) is 0 Å². The predicted octanol–water partition coefficient (Wildman–Crippen LogP) is 7.31. The lowest BCUT2D eigenvalue weighted by molar-refractivity contribution is -0.140. The van der Waals surface area contributed by atoms with Crippen LogP contribution in [0.5, 0.6) is 5.75 Å². The summed E-state index contributed by atoms with van der Waals surface area (Å²) in [4.78, 5) is 30.3. The highest BCUT2D eigenvalue weighted by Gasteiger charge is 2.35. The van der Waals surface area contributed by atoms with Gasteiger partial charge in [-0.25, -0.2) is 8.42 Å². The van der Waals surface area contributed by atoms with Crippen LogP contribution in [0.15, 0.2) is 106 Å². The summed E-state index contributed by atoms with van der Waals surface area (Å²) in [5, 5.41) is 3.38. The van der Waals surface area contributed by atoms with Crippen LogP contribution in [0.2, 0.25) is 5.02 Å². The van der Waals surface area contributed by atoms with E-state index < -0.39 is 28.5 Å². The normalized spacial score (nSPS) is 13.9. The quantitative estimate of drug-likeness (QED) is 0.155. The summed E-state index contributed by atoms with van der Waals surface area (Å²) in [6.45, 7) is 1.38. The number of halogens is 2. The molecular formula is C37H39BrClN3O5S. The van der Waals surface area contributed by atoms with Crippen LogP contribution < -0.4 is 14.4 Å². The van der Waals surface area contributed by atoms with Gasteiger partial charge in [-0.1, -0.05) is 101 Å². The molecule has 11 heteroatoms. The molecule has 1 N–H and O–H groups in total. The summed E-state index contributed by atoms with van der Waals surface area (Å²) < 4.78 is 35.8. The van der Waals surface area contributed by atoms with E-state index in [9.17, 15) is 18.0 Å². The number of methoxy groups -OCH3 is 1. The molecular weight excluding hydrogens is 714 g/mol. The van der Waals surface area contributed by atoms with Crippen molar-refractivity contribution in [3.8, 4) is 5.75 Å². The van der Waals surface area contributed by atoms with Gasteiger partial charge in [0.15, 0.2) is 0 Å². The lowest BCUT2D eigenvalue weighted by Gasteiger charge is -2.34. The number of sulfonamides is 1. The fourth-order valence-corrected chi connectivity index (χ4v) is 7.81. The van der Waals surface area contributed by atoms with E-state index in [4.69, 9.17) is 16.3 Å². The molecule has 252 valence electrons. The number of benzene rings is 4. The van der Waals surface area contributed by atoms with Gasteiger partial charge >= 0.3 is 0 Å². The molecule has 0 unspecified atom stereocenters. The van der Waals surface area contributed by atoms with E-state index in [0.29, 0.717) is 5.75 Å². The number of hydrogen-bond acceptors (Lipinski definition) is 5. The second-order valence-corrected chi connectivity index (χ2v) is 15.2. The first-order valence-corrected chi connectivity index (χ1v) is 18.5. The van der Waals surface area contributed by atoms with Gasteiger partial charge in [0.25, 0.3) is 10.0 Å². The van der Waals surface area contributed by atoms with E-state index >= 15 is 0 Å². The summed E-state index contributed by atoms with van der Waals surface area (Å²) in [7, 11) is -2.79. The Morgan fingerprint density at radius 1 is 0.938 bits per heavy atom. The van der Waals surface area contributed by atoms with Crippen molar-refractivity contribution in [1.82, 2.24) is 10.2 Å². The van der Waals surface area contributed by atoms with Crippen LogP contribution in [-0.4, -0.2) is 50.9 Å². The highest BCUT2D eigenvalue weighted by atomic mass is 79.9. The molecule has 4 aromatic carbocycles. The van der Waals surface area contributed by atoms with Crippen LogP contribution in [0, 0.1) is 6.92 Å². The molecule has 48 heavy (non-hydrogen) atoms. The maximum atomic E-state index is 14.7. The minimum absolute atomic E-state index is 0.0205. The fraction of sp³-hybridized carbons (Fsp3) is 0.297. The van der Waals surface area contributed by atoms with Gasteiger partial charge in [-0.15, -0.1) is 0 Å². The highest BCUT2D eigenvalue weighted by Crippen LogP contribution is 2.32. The lowest BCUT2D eigenvalue weighted by Crippen LogP contribution is -2.54. The molecule has 5 rings (SSSR count). The van der Waals surface area contributed by atoms with Crippen LogP contribution in [-0.2, 0) is 32.6 Å². The molecule has 0 bridgehead atoms. The molecule has 0 saturated heterocycles. The van der Waals surface area contributed by atoms with Gasteiger partial charge < -0.3 is 15.0 Å². The Bertz CT molecular complexity index is 1820. The third-order valence-electron chi connectivity index (χ3n) is 8.55. The summed E-state index contributed by atoms with van der Waals surface area (Å²) in [6.07, 6.45) is 4.08. The maximum Gasteiger partial charge on any atom is 0.264 e. The first-order chi connectivity index (χ1) is 23.0. The second kappa shape index (κ2) is 16.0. The van der Waals surface area contributed by atoms with Gasteiger partial charge in [0, 0.05) is 23.5 Å². The molecule has 1 fully saturated rings. The van der Waals surface area contributed by atoms with E-state index in [1.54, 1.807) is 24.3 Å². The Morgan fingerprint density at radius 3 is 2.23 bits per heavy atom. The van der Waals surface area contributed by atoms with Gasteiger partial charge in [0.1, 0.15) is 18.3 Å². The third-order valence-corrected chi connectivity index (χ3v) is 11.2. The van der Waals surface area contributed by atoms with Crippen molar-refractivity contribution in [3.05, 3.63) is 123 Å². The summed E-state index contributed by atoms with van der Waals surface area (Å²) >= 11 is 9.95. The zero-order chi connectivity index (χ0) is 34.3. The molecule has 1 aliphatic carbocycles. The number of aryl methyl sites for hydroxylation is 1. The minimum Gasteiger partial charge on any atom is -0.495 e. The van der Waals surface area contributed by atoms with Gasteiger partial charge in [0.05, 0.1) is 22.7 Å². The van der Waals surface area contributed by atoms with E-state index in [0.717, 1.165) is 51.2 Å². The number of amides is 2. The molecule has 1 saturated carbocycles. The van der Waals surface area contributed by atoms with E-state index in [-0.39, 0.29) is 40.5 Å². The number of ether oxygens (including phenoxy) is 1. The number of nitrogens with one attached hydrogen (secondary N) is 1. The average molecular weight is 753 g/mol. The SMILES string of the molecule is COc1ccc(N(CC(=O)N(Cc2ccc(Br)cc2)[C@H](Cc2ccccc2)C(=O)NC2CCCC2)S(=O)(=O)c2ccc(C)cc2)cc1Cl. The number of nitrogens with zero attached hydrogens (tertiary/aromatic N) is 2. The molecule has 0 radical (unpaired) electrons. The Labute approximate surface area is 296 Å². The van der Waals surface area contributed by atoms with Crippen LogP contribution in [0.4, 0.5) is 5.69 Å². The van der Waals surface area contributed by atoms with Crippen LogP contribution in [0.25, 0.3) is 0 Å². The Morgan fingerprint density at radius 2 is 1.60 bits per heavy atom. The fourth-order valence-electron chi connectivity index (χ4n) is 5.88. The van der Waals surface area contributed by atoms with Gasteiger partial charge in [-0.3, -0.25) is 13.9 Å². The lowest BCUT2D eigenvalue weighted by atomic mass is 10.0. The van der Waals surface area contributed by atoms with Crippen LogP contribution >= 0.6 is 27.5 Å². The smallest absolute Gasteiger partial charge is 0.264 e. The minimum atomic E-state index is -4.26. The molecule has 4 aromatic rings. The van der Waals surface area contributed by atoms with Crippen molar-refractivity contribution in [3.63, 3.8) is 0 Å². The Kier molecular flexibility index (Phi) is 11.8. The standard InChI is InChI=1S/C37H39BrClN3O5S/c1-26-12-19-32(20-13-26)48(45,46)42(31-18-21-35(47-2)33(39)23-31)25-36(43)41(24-28-14-16-29(38)17-15-28)34(22-27-8-4-3-5-9-27)37(44)40-30-10-6-7-11-30/h3-5,8-9,12-21,23,30,34H,6-7,10-11,22,24-25H2,1-2H3,(H,40,44)/t34-/m1/s1. The maximum absolute atomic E-state index is 14.7. The van der Waals surface area contributed by atoms with Crippen LogP contribution in [0.3, 0.4) is 0 Å². The largest absolute Gasteiger partial charge is 0.495 e. The first-order valence-electron chi connectivity index (χ1n) is 15.9. The third kappa shape index (κ3) is 8.78. The van der Waals surface area contributed by atoms with Crippen molar-refractivity contribution < 1.29 is 22.7 Å². The highest BCUT2D eigenvalue weighted by molar-refractivity contribution is 9.10. The number of hydrogen-bond donors (Lipinski definition) is 1. The number of carbonyl (C=O) groups is 2. The summed E-state index contributed by atoms with van der Waals surface area (Å²) in [5.41, 5.74) is 2.75. The summed E-state index contributed by atoms with van der Waals surface area (Å²) in [6, 6.07) is 27.2. The predicted molar refractivity (Wildman–Crippen MR) is 193 cm³/mol. The monoisotopic (exact) mass is 751 g/mol. The van der Waals surface area contributed by atoms with Crippen molar-refractivity contribution in [1.29, 1.82) is 0 Å². The molecule has 2 amide bonds. The van der Waals surface area contributed by atoms with Crippen LogP contribution in [0.1, 0.15) is 42.4 Å². The first kappa shape index (κ1) is 35.4. The zero-order valence-corrected chi connectivity index (χ0v) is 30.1. The average Bonchev–Trinajstić information content (AvgIpc) is 3.59. The number of carbonyl (C=O) groups excluding carboxylic acids is 2. The zero-order valence-electron chi connectivity index (χ0n) is 26.9. The second-order valence-electron chi connectivity index (χ2n) is 12.0. The Balaban J connectivity index is 1.58. The van der Waals surface area contributed by atoms with Gasteiger partial charge in [-0.05, 0) is 73.4 Å². The molecule has 0 heterocycles. The topological polar surface area (TPSA) is 96.0 Å². The molecule has 0 spiro atoms. The molecule has 8 nitrogen and oxygen atoms in total. The summed E-state index contributed by atoms with van der Waals surface area (Å²) in [5.74, 6) is -0.442. The van der Waals surface area contributed by atoms with Crippen molar-refractivity contribution >= 4 is 55.1 Å². The number of rotatable bonds is 13. The van der Waals surface area contributed by atoms with Crippen molar-refractivity contribution in [2.45, 2.75) is 62.6 Å². The molecule has 0 aliphatic heterocycles.